The van der Waals surface area contributed by atoms with Crippen molar-refractivity contribution in [3.63, 3.8) is 0 Å². The van der Waals surface area contributed by atoms with Crippen LogP contribution in [0.5, 0.6) is 0 Å². The second-order valence-corrected chi connectivity index (χ2v) is 18.5. The highest BCUT2D eigenvalue weighted by molar-refractivity contribution is 5.76. The molecule has 0 aliphatic carbocycles. The van der Waals surface area contributed by atoms with Crippen molar-refractivity contribution in [1.29, 1.82) is 0 Å². The highest BCUT2D eigenvalue weighted by atomic mass is 16.7. The van der Waals surface area contributed by atoms with Gasteiger partial charge in [-0.1, -0.05) is 232 Å². The van der Waals surface area contributed by atoms with E-state index >= 15 is 0 Å². The van der Waals surface area contributed by atoms with E-state index in [-0.39, 0.29) is 12.5 Å². The first-order chi connectivity index (χ1) is 29.7. The summed E-state index contributed by atoms with van der Waals surface area (Å²) in [6.07, 6.45) is 37.7. The van der Waals surface area contributed by atoms with Crippen LogP contribution in [-0.2, 0) is 14.3 Å². The minimum atomic E-state index is -1.41. The van der Waals surface area contributed by atoms with Crippen molar-refractivity contribution in [3.8, 4) is 0 Å². The van der Waals surface area contributed by atoms with Crippen molar-refractivity contribution in [2.24, 2.45) is 0 Å². The molecular formula is C51H103NO9. The van der Waals surface area contributed by atoms with Crippen molar-refractivity contribution in [1.82, 2.24) is 5.32 Å². The molecule has 0 bridgehead atoms. The third-order valence-electron chi connectivity index (χ3n) is 12.5. The quantitative estimate of drug-likeness (QED) is 0.0232. The SMILES string of the molecule is CCCCCCCCCCCCCCCCCCCCCCCCCC(=O)N[C@@H](CO[C@H](CO)OC(CO)[C@H](O)C(C)O)[C@H](O)[C@H](O)CCCCCCCCCCCCCC. The molecule has 0 aliphatic heterocycles. The average Bonchev–Trinajstić information content (AvgIpc) is 3.26. The maximum absolute atomic E-state index is 13.0. The number of hydrogen-bond acceptors (Lipinski definition) is 9. The highest BCUT2D eigenvalue weighted by Crippen LogP contribution is 2.18. The summed E-state index contributed by atoms with van der Waals surface area (Å²) in [5.41, 5.74) is 0. The third-order valence-corrected chi connectivity index (χ3v) is 12.5. The van der Waals surface area contributed by atoms with Gasteiger partial charge in [-0.3, -0.25) is 4.79 Å². The Kier molecular flexibility index (Phi) is 45.1. The van der Waals surface area contributed by atoms with E-state index in [2.05, 4.69) is 19.2 Å². The summed E-state index contributed by atoms with van der Waals surface area (Å²) in [6, 6.07) is -0.962. The van der Waals surface area contributed by atoms with Gasteiger partial charge in [-0.15, -0.1) is 0 Å². The summed E-state index contributed by atoms with van der Waals surface area (Å²) in [5.74, 6) is -0.243. The molecule has 61 heavy (non-hydrogen) atoms. The largest absolute Gasteiger partial charge is 0.394 e. The number of aliphatic hydroxyl groups excluding tert-OH is 6. The maximum Gasteiger partial charge on any atom is 0.220 e. The number of amides is 1. The molecule has 0 saturated heterocycles. The molecule has 1 amide bonds. The fraction of sp³-hybridized carbons (Fsp3) is 0.980. The maximum atomic E-state index is 13.0. The van der Waals surface area contributed by atoms with Crippen LogP contribution in [0.1, 0.15) is 258 Å². The molecule has 7 N–H and O–H groups in total. The lowest BCUT2D eigenvalue weighted by molar-refractivity contribution is -0.226. The first-order valence-corrected chi connectivity index (χ1v) is 26.2. The van der Waals surface area contributed by atoms with Crippen molar-refractivity contribution >= 4 is 5.91 Å². The van der Waals surface area contributed by atoms with Crippen LogP contribution in [0.4, 0.5) is 0 Å². The first kappa shape index (κ1) is 60.2. The first-order valence-electron chi connectivity index (χ1n) is 26.2. The molecule has 0 heterocycles. The van der Waals surface area contributed by atoms with Crippen LogP contribution in [0.2, 0.25) is 0 Å². The second kappa shape index (κ2) is 45.7. The van der Waals surface area contributed by atoms with Crippen LogP contribution in [-0.4, -0.2) is 99.2 Å². The van der Waals surface area contributed by atoms with Gasteiger partial charge in [0, 0.05) is 6.42 Å². The molecular weight excluding hydrogens is 771 g/mol. The van der Waals surface area contributed by atoms with Gasteiger partial charge in [0.25, 0.3) is 0 Å². The molecule has 0 rings (SSSR count). The fourth-order valence-electron chi connectivity index (χ4n) is 8.29. The lowest BCUT2D eigenvalue weighted by Crippen LogP contribution is -2.52. The van der Waals surface area contributed by atoms with Crippen molar-refractivity contribution in [3.05, 3.63) is 0 Å². The summed E-state index contributed by atoms with van der Waals surface area (Å²) < 4.78 is 11.2. The molecule has 10 nitrogen and oxygen atoms in total. The Morgan fingerprint density at radius 3 is 1.15 bits per heavy atom. The van der Waals surface area contributed by atoms with E-state index in [1.54, 1.807) is 0 Å². The predicted molar refractivity (Wildman–Crippen MR) is 253 cm³/mol. The van der Waals surface area contributed by atoms with Gasteiger partial charge in [0.1, 0.15) is 18.3 Å². The predicted octanol–water partition coefficient (Wildman–Crippen LogP) is 11.1. The van der Waals surface area contributed by atoms with Gasteiger partial charge < -0.3 is 45.4 Å². The number of carbonyl (C=O) groups excluding carboxylic acids is 1. The van der Waals surface area contributed by atoms with Gasteiger partial charge in [0.2, 0.25) is 5.91 Å². The summed E-state index contributed by atoms with van der Waals surface area (Å²) in [5, 5.41) is 64.4. The van der Waals surface area contributed by atoms with E-state index in [0.717, 1.165) is 38.5 Å². The molecule has 0 aromatic carbocycles. The monoisotopic (exact) mass is 874 g/mol. The van der Waals surface area contributed by atoms with Crippen LogP contribution < -0.4 is 5.32 Å². The Morgan fingerprint density at radius 2 is 0.820 bits per heavy atom. The molecule has 0 aliphatic rings. The number of unbranched alkanes of at least 4 members (excludes halogenated alkanes) is 33. The van der Waals surface area contributed by atoms with Crippen LogP contribution >= 0.6 is 0 Å². The Labute approximate surface area is 376 Å². The number of rotatable bonds is 49. The zero-order valence-corrected chi connectivity index (χ0v) is 40.2. The lowest BCUT2D eigenvalue weighted by Gasteiger charge is -2.31. The van der Waals surface area contributed by atoms with Crippen molar-refractivity contribution in [2.75, 3.05) is 19.8 Å². The molecule has 7 atom stereocenters. The zero-order valence-electron chi connectivity index (χ0n) is 40.2. The van der Waals surface area contributed by atoms with Gasteiger partial charge in [-0.25, -0.2) is 0 Å². The molecule has 0 aromatic rings. The van der Waals surface area contributed by atoms with E-state index in [4.69, 9.17) is 9.47 Å². The smallest absolute Gasteiger partial charge is 0.220 e. The standard InChI is InChI=1S/C51H103NO9/c1-4-6-8-10-12-14-16-18-19-20-21-22-23-24-25-26-27-28-30-32-34-36-38-40-48(57)52-45(43-60-49(42-54)61-47(41-53)50(58)44(3)55)51(59)46(56)39-37-35-33-31-29-17-15-13-11-9-7-5-2/h44-47,49-51,53-56,58-59H,4-43H2,1-3H3,(H,52,57)/t44?,45-,46+,47?,49-,50+,51-/m0/s1. The summed E-state index contributed by atoms with van der Waals surface area (Å²) >= 11 is 0. The van der Waals surface area contributed by atoms with Gasteiger partial charge in [0.05, 0.1) is 38.1 Å². The average molecular weight is 874 g/mol. The number of hydrogen-bond donors (Lipinski definition) is 7. The fourth-order valence-corrected chi connectivity index (χ4v) is 8.29. The van der Waals surface area contributed by atoms with E-state index in [0.29, 0.717) is 12.8 Å². The van der Waals surface area contributed by atoms with E-state index in [9.17, 15) is 35.4 Å². The van der Waals surface area contributed by atoms with E-state index < -0.39 is 56.1 Å². The molecule has 0 saturated carbocycles. The molecule has 10 heteroatoms. The van der Waals surface area contributed by atoms with Gasteiger partial charge in [-0.05, 0) is 19.8 Å². The van der Waals surface area contributed by atoms with Crippen LogP contribution in [0.25, 0.3) is 0 Å². The molecule has 2 unspecified atom stereocenters. The van der Waals surface area contributed by atoms with Crippen LogP contribution in [0.15, 0.2) is 0 Å². The summed E-state index contributed by atoms with van der Waals surface area (Å²) in [6.45, 7) is 4.37. The van der Waals surface area contributed by atoms with Crippen LogP contribution in [0, 0.1) is 0 Å². The van der Waals surface area contributed by atoms with Gasteiger partial charge in [0.15, 0.2) is 6.29 Å². The molecule has 0 radical (unpaired) electrons. The Balaban J connectivity index is 4.40. The van der Waals surface area contributed by atoms with Crippen LogP contribution in [0.3, 0.4) is 0 Å². The van der Waals surface area contributed by atoms with Gasteiger partial charge in [-0.2, -0.15) is 0 Å². The summed E-state index contributed by atoms with van der Waals surface area (Å²) in [7, 11) is 0. The minimum absolute atomic E-state index is 0.243. The minimum Gasteiger partial charge on any atom is -0.394 e. The molecule has 0 spiro atoms. The molecule has 0 aromatic heterocycles. The number of ether oxygens (including phenoxy) is 2. The number of nitrogens with one attached hydrogen (secondary N) is 1. The molecule has 0 fully saturated rings. The van der Waals surface area contributed by atoms with Crippen molar-refractivity contribution in [2.45, 2.75) is 301 Å². The summed E-state index contributed by atoms with van der Waals surface area (Å²) in [4.78, 5) is 13.0. The zero-order chi connectivity index (χ0) is 45.0. The van der Waals surface area contributed by atoms with E-state index in [1.807, 2.05) is 0 Å². The molecule has 366 valence electrons. The van der Waals surface area contributed by atoms with E-state index in [1.165, 1.54) is 193 Å². The Hall–Kier alpha value is -0.850. The normalized spacial score (nSPS) is 15.4. The third kappa shape index (κ3) is 38.2. The van der Waals surface area contributed by atoms with Crippen molar-refractivity contribution < 1.29 is 44.9 Å². The number of carbonyl (C=O) groups is 1. The lowest BCUT2D eigenvalue weighted by atomic mass is 9.99. The Bertz CT molecular complexity index is 896. The Morgan fingerprint density at radius 1 is 0.475 bits per heavy atom. The number of aliphatic hydroxyl groups is 6. The topological polar surface area (TPSA) is 169 Å². The second-order valence-electron chi connectivity index (χ2n) is 18.5. The van der Waals surface area contributed by atoms with Gasteiger partial charge >= 0.3 is 0 Å². The highest BCUT2D eigenvalue weighted by Gasteiger charge is 2.31.